The fourth-order valence-electron chi connectivity index (χ4n) is 3.67. The van der Waals surface area contributed by atoms with Crippen molar-refractivity contribution in [1.82, 2.24) is 4.90 Å². The van der Waals surface area contributed by atoms with Gasteiger partial charge in [-0.2, -0.15) is 0 Å². The van der Waals surface area contributed by atoms with Crippen LogP contribution in [0.15, 0.2) is 61.2 Å². The van der Waals surface area contributed by atoms with Gasteiger partial charge in [0.25, 0.3) is 5.79 Å². The average molecular weight is 364 g/mol. The molecule has 1 spiro atoms. The minimum Gasteiger partial charge on any atom is -0.448 e. The van der Waals surface area contributed by atoms with Gasteiger partial charge in [-0.3, -0.25) is 0 Å². The Morgan fingerprint density at radius 2 is 1.85 bits per heavy atom. The van der Waals surface area contributed by atoms with Crippen LogP contribution in [0.4, 0.5) is 10.5 Å². The quantitative estimate of drug-likeness (QED) is 0.764. The molecule has 5 heteroatoms. The first kappa shape index (κ1) is 17.5. The van der Waals surface area contributed by atoms with Gasteiger partial charge in [-0.25, -0.2) is 4.79 Å². The van der Waals surface area contributed by atoms with E-state index in [2.05, 4.69) is 11.9 Å². The van der Waals surface area contributed by atoms with E-state index in [-0.39, 0.29) is 6.03 Å². The van der Waals surface area contributed by atoms with E-state index >= 15 is 0 Å². The first-order valence-electron chi connectivity index (χ1n) is 9.40. The molecule has 1 aliphatic heterocycles. The van der Waals surface area contributed by atoms with Gasteiger partial charge in [0.1, 0.15) is 0 Å². The van der Waals surface area contributed by atoms with Crippen LogP contribution in [0.3, 0.4) is 0 Å². The van der Waals surface area contributed by atoms with Crippen LogP contribution in [0.25, 0.3) is 0 Å². The molecule has 2 aliphatic rings. The number of anilines is 1. The summed E-state index contributed by atoms with van der Waals surface area (Å²) in [5, 5.41) is 2.96. The van der Waals surface area contributed by atoms with E-state index in [9.17, 15) is 4.79 Å². The lowest BCUT2D eigenvalue weighted by atomic mass is 10.2. The monoisotopic (exact) mass is 364 g/mol. The molecule has 2 amide bonds. The normalized spacial score (nSPS) is 16.3. The Hall–Kier alpha value is -2.95. The first-order chi connectivity index (χ1) is 13.2. The van der Waals surface area contributed by atoms with Crippen LogP contribution in [0, 0.1) is 0 Å². The number of benzene rings is 2. The number of nitrogens with one attached hydrogen (secondary N) is 1. The van der Waals surface area contributed by atoms with E-state index < -0.39 is 5.79 Å². The molecule has 5 nitrogen and oxygen atoms in total. The van der Waals surface area contributed by atoms with Crippen molar-refractivity contribution in [2.24, 2.45) is 0 Å². The van der Waals surface area contributed by atoms with Crippen LogP contribution in [0.5, 0.6) is 11.5 Å². The lowest BCUT2D eigenvalue weighted by Gasteiger charge is -2.22. The molecule has 1 heterocycles. The third-order valence-corrected chi connectivity index (χ3v) is 5.01. The van der Waals surface area contributed by atoms with Crippen LogP contribution < -0.4 is 14.8 Å². The highest BCUT2D eigenvalue weighted by molar-refractivity contribution is 5.89. The molecule has 1 saturated carbocycles. The second kappa shape index (κ2) is 7.35. The highest BCUT2D eigenvalue weighted by Gasteiger charge is 2.44. The molecular formula is C22H24N2O3. The summed E-state index contributed by atoms with van der Waals surface area (Å²) >= 11 is 0. The molecule has 0 aromatic heterocycles. The van der Waals surface area contributed by atoms with Gasteiger partial charge in [-0.1, -0.05) is 36.4 Å². The second-order valence-corrected chi connectivity index (χ2v) is 7.07. The maximum atomic E-state index is 12.8. The van der Waals surface area contributed by atoms with Crippen molar-refractivity contribution in [3.63, 3.8) is 0 Å². The lowest BCUT2D eigenvalue weighted by molar-refractivity contribution is -0.0716. The largest absolute Gasteiger partial charge is 0.448 e. The molecule has 0 saturated heterocycles. The van der Waals surface area contributed by atoms with Crippen LogP contribution in [-0.2, 0) is 6.54 Å². The predicted molar refractivity (Wildman–Crippen MR) is 105 cm³/mol. The van der Waals surface area contributed by atoms with Gasteiger partial charge >= 0.3 is 6.03 Å². The summed E-state index contributed by atoms with van der Waals surface area (Å²) in [6.07, 6.45) is 5.79. The molecular weight excluding hydrogens is 340 g/mol. The molecule has 2 aromatic carbocycles. The number of carbonyl (C=O) groups is 1. The number of amides is 2. The molecule has 4 rings (SSSR count). The maximum absolute atomic E-state index is 12.8. The maximum Gasteiger partial charge on any atom is 0.322 e. The molecule has 0 atom stereocenters. The average Bonchev–Trinajstić information content (AvgIpc) is 3.28. The lowest BCUT2D eigenvalue weighted by Crippen LogP contribution is -2.34. The molecule has 1 N–H and O–H groups in total. The van der Waals surface area contributed by atoms with Crippen LogP contribution in [0.1, 0.15) is 31.2 Å². The van der Waals surface area contributed by atoms with Crippen molar-refractivity contribution < 1.29 is 14.3 Å². The fourth-order valence-corrected chi connectivity index (χ4v) is 3.67. The number of hydrogen-bond donors (Lipinski definition) is 1. The number of ether oxygens (including phenoxy) is 2. The molecule has 2 aromatic rings. The zero-order valence-corrected chi connectivity index (χ0v) is 15.3. The summed E-state index contributed by atoms with van der Waals surface area (Å²) in [6.45, 7) is 4.75. The molecule has 0 bridgehead atoms. The Morgan fingerprint density at radius 3 is 2.59 bits per heavy atom. The Balaban J connectivity index is 1.45. The number of nitrogens with zero attached hydrogens (tertiary/aromatic N) is 1. The molecule has 1 aliphatic carbocycles. The molecule has 140 valence electrons. The standard InChI is InChI=1S/C22H24N2O3/c1-2-14-24(16-17-8-4-3-5-9-17)21(25)23-18-10-11-19-20(15-18)27-22(26-19)12-6-7-13-22/h2-5,8-11,15H,1,6-7,12-14,16H2,(H,23,25). The van der Waals surface area contributed by atoms with Crippen LogP contribution in [0.2, 0.25) is 0 Å². The van der Waals surface area contributed by atoms with Crippen molar-refractivity contribution >= 4 is 11.7 Å². The Kier molecular flexibility index (Phi) is 4.75. The van der Waals surface area contributed by atoms with Crippen molar-refractivity contribution in [1.29, 1.82) is 0 Å². The Labute approximate surface area is 159 Å². The summed E-state index contributed by atoms with van der Waals surface area (Å²) in [6, 6.07) is 15.3. The SMILES string of the molecule is C=CCN(Cc1ccccc1)C(=O)Nc1ccc2c(c1)OC1(CCCC1)O2. The highest BCUT2D eigenvalue weighted by atomic mass is 16.7. The zero-order chi connectivity index (χ0) is 18.7. The second-order valence-electron chi connectivity index (χ2n) is 7.07. The molecule has 1 fully saturated rings. The summed E-state index contributed by atoms with van der Waals surface area (Å²) in [5.41, 5.74) is 1.77. The minimum absolute atomic E-state index is 0.173. The summed E-state index contributed by atoms with van der Waals surface area (Å²) in [5.74, 6) is 0.961. The zero-order valence-electron chi connectivity index (χ0n) is 15.3. The van der Waals surface area contributed by atoms with E-state index in [0.29, 0.717) is 24.5 Å². The van der Waals surface area contributed by atoms with Gasteiger partial charge in [0.15, 0.2) is 11.5 Å². The molecule has 27 heavy (non-hydrogen) atoms. The van der Waals surface area contributed by atoms with E-state index in [1.165, 1.54) is 0 Å². The number of hydrogen-bond acceptors (Lipinski definition) is 3. The predicted octanol–water partition coefficient (Wildman–Crippen LogP) is 4.95. The number of fused-ring (bicyclic) bond motifs is 1. The third-order valence-electron chi connectivity index (χ3n) is 5.01. The summed E-state index contributed by atoms with van der Waals surface area (Å²) in [4.78, 5) is 14.5. The summed E-state index contributed by atoms with van der Waals surface area (Å²) < 4.78 is 12.1. The van der Waals surface area contributed by atoms with Gasteiger partial charge in [-0.05, 0) is 30.5 Å². The topological polar surface area (TPSA) is 50.8 Å². The highest BCUT2D eigenvalue weighted by Crippen LogP contribution is 2.47. The Bertz CT molecular complexity index is 829. The third kappa shape index (κ3) is 3.77. The molecule has 0 radical (unpaired) electrons. The van der Waals surface area contributed by atoms with Gasteiger partial charge < -0.3 is 19.7 Å². The first-order valence-corrected chi connectivity index (χ1v) is 9.40. The Morgan fingerprint density at radius 1 is 1.11 bits per heavy atom. The van der Waals surface area contributed by atoms with E-state index in [0.717, 1.165) is 37.0 Å². The van der Waals surface area contributed by atoms with E-state index in [4.69, 9.17) is 9.47 Å². The van der Waals surface area contributed by atoms with Gasteiger partial charge in [0, 0.05) is 37.7 Å². The van der Waals surface area contributed by atoms with Crippen LogP contribution >= 0.6 is 0 Å². The van der Waals surface area contributed by atoms with Gasteiger partial charge in [0.2, 0.25) is 0 Å². The van der Waals surface area contributed by atoms with Crippen molar-refractivity contribution in [3.05, 3.63) is 66.7 Å². The molecule has 0 unspecified atom stereocenters. The number of carbonyl (C=O) groups excluding carboxylic acids is 1. The van der Waals surface area contributed by atoms with E-state index in [1.807, 2.05) is 48.5 Å². The van der Waals surface area contributed by atoms with Crippen LogP contribution in [-0.4, -0.2) is 23.3 Å². The van der Waals surface area contributed by atoms with E-state index in [1.54, 1.807) is 11.0 Å². The summed E-state index contributed by atoms with van der Waals surface area (Å²) in [7, 11) is 0. The van der Waals surface area contributed by atoms with Gasteiger partial charge in [-0.15, -0.1) is 6.58 Å². The fraction of sp³-hybridized carbons (Fsp3) is 0.318. The van der Waals surface area contributed by atoms with Crippen molar-refractivity contribution in [3.8, 4) is 11.5 Å². The van der Waals surface area contributed by atoms with Crippen molar-refractivity contribution in [2.45, 2.75) is 38.0 Å². The minimum atomic E-state index is -0.493. The van der Waals surface area contributed by atoms with Crippen molar-refractivity contribution in [2.75, 3.05) is 11.9 Å². The number of urea groups is 1. The number of rotatable bonds is 5. The van der Waals surface area contributed by atoms with Gasteiger partial charge in [0.05, 0.1) is 0 Å². The smallest absolute Gasteiger partial charge is 0.322 e.